The molecule has 2 rings (SSSR count). The zero-order valence-corrected chi connectivity index (χ0v) is 13.1. The zero-order valence-electron chi connectivity index (χ0n) is 13.1. The van der Waals surface area contributed by atoms with Crippen LogP contribution in [0, 0.1) is 0 Å². The summed E-state index contributed by atoms with van der Waals surface area (Å²) in [5.74, 6) is 0.332. The van der Waals surface area contributed by atoms with Crippen LogP contribution in [0.2, 0.25) is 0 Å². The van der Waals surface area contributed by atoms with E-state index >= 15 is 0 Å². The van der Waals surface area contributed by atoms with Gasteiger partial charge in [0.15, 0.2) is 11.6 Å². The van der Waals surface area contributed by atoms with Gasteiger partial charge in [-0.25, -0.2) is 0 Å². The largest absolute Gasteiger partial charge is 0.497 e. The lowest BCUT2D eigenvalue weighted by atomic mass is 9.97. The highest BCUT2D eigenvalue weighted by atomic mass is 16.6. The standard InChI is InChI=1S/C18H19NO4/c1-22-15-10-8-14(9-11-15)18(21)16(19-23-2)12-17(20)13-6-4-3-5-7-13/h3-11,16,19H,12H2,1-2H3. The number of Topliss-reactive ketones (excluding diaryl/α,β-unsaturated/α-hetero) is 2. The summed E-state index contributed by atoms with van der Waals surface area (Å²) in [5, 5.41) is 0. The summed E-state index contributed by atoms with van der Waals surface area (Å²) in [7, 11) is 2.98. The second-order valence-corrected chi connectivity index (χ2v) is 4.96. The minimum Gasteiger partial charge on any atom is -0.497 e. The first kappa shape index (κ1) is 16.9. The number of rotatable bonds is 8. The maximum atomic E-state index is 12.6. The van der Waals surface area contributed by atoms with Gasteiger partial charge in [-0.2, -0.15) is 5.48 Å². The van der Waals surface area contributed by atoms with E-state index in [1.165, 1.54) is 7.11 Å². The summed E-state index contributed by atoms with van der Waals surface area (Å²) >= 11 is 0. The van der Waals surface area contributed by atoms with E-state index in [4.69, 9.17) is 9.57 Å². The predicted molar refractivity (Wildman–Crippen MR) is 86.6 cm³/mol. The Morgan fingerprint density at radius 2 is 1.61 bits per heavy atom. The van der Waals surface area contributed by atoms with Gasteiger partial charge < -0.3 is 9.57 Å². The molecule has 0 bridgehead atoms. The first-order chi connectivity index (χ1) is 11.2. The summed E-state index contributed by atoms with van der Waals surface area (Å²) in [6.07, 6.45) is 0.0166. The molecule has 23 heavy (non-hydrogen) atoms. The van der Waals surface area contributed by atoms with E-state index in [-0.39, 0.29) is 18.0 Å². The van der Waals surface area contributed by atoms with Crippen molar-refractivity contribution in [1.29, 1.82) is 0 Å². The molecular weight excluding hydrogens is 294 g/mol. The Morgan fingerprint density at radius 1 is 0.957 bits per heavy atom. The Bertz CT molecular complexity index is 652. The third-order valence-corrected chi connectivity index (χ3v) is 3.44. The molecule has 1 unspecified atom stereocenters. The van der Waals surface area contributed by atoms with Crippen LogP contribution in [0.3, 0.4) is 0 Å². The molecule has 5 heteroatoms. The molecule has 0 aliphatic carbocycles. The molecule has 0 spiro atoms. The molecule has 0 heterocycles. The maximum Gasteiger partial charge on any atom is 0.182 e. The average Bonchev–Trinajstić information content (AvgIpc) is 2.61. The van der Waals surface area contributed by atoms with Crippen molar-refractivity contribution >= 4 is 11.6 Å². The van der Waals surface area contributed by atoms with Crippen LogP contribution in [0.15, 0.2) is 54.6 Å². The van der Waals surface area contributed by atoms with Gasteiger partial charge in [0.1, 0.15) is 11.8 Å². The van der Waals surface area contributed by atoms with Crippen molar-refractivity contribution in [2.24, 2.45) is 0 Å². The van der Waals surface area contributed by atoms with E-state index in [0.29, 0.717) is 16.9 Å². The summed E-state index contributed by atoms with van der Waals surface area (Å²) in [4.78, 5) is 29.7. The number of ketones is 2. The van der Waals surface area contributed by atoms with Crippen LogP contribution in [0.25, 0.3) is 0 Å². The number of hydroxylamine groups is 1. The Hall–Kier alpha value is -2.50. The molecule has 1 N–H and O–H groups in total. The number of carbonyl (C=O) groups excluding carboxylic acids is 2. The van der Waals surface area contributed by atoms with Crippen molar-refractivity contribution in [3.63, 3.8) is 0 Å². The van der Waals surface area contributed by atoms with E-state index in [2.05, 4.69) is 5.48 Å². The molecule has 2 aromatic rings. The fourth-order valence-corrected chi connectivity index (χ4v) is 2.21. The Morgan fingerprint density at radius 3 is 2.17 bits per heavy atom. The van der Waals surface area contributed by atoms with Gasteiger partial charge in [-0.3, -0.25) is 9.59 Å². The van der Waals surface area contributed by atoms with Crippen molar-refractivity contribution in [3.8, 4) is 5.75 Å². The van der Waals surface area contributed by atoms with Gasteiger partial charge in [0, 0.05) is 17.5 Å². The van der Waals surface area contributed by atoms with Gasteiger partial charge in [0.25, 0.3) is 0 Å². The summed E-state index contributed by atoms with van der Waals surface area (Å²) < 4.78 is 5.07. The summed E-state index contributed by atoms with van der Waals surface area (Å²) in [5.41, 5.74) is 3.66. The second-order valence-electron chi connectivity index (χ2n) is 4.96. The summed E-state index contributed by atoms with van der Waals surface area (Å²) in [6, 6.07) is 14.9. The topological polar surface area (TPSA) is 64.6 Å². The van der Waals surface area contributed by atoms with Crippen LogP contribution in [0.5, 0.6) is 5.75 Å². The Labute approximate surface area is 135 Å². The zero-order chi connectivity index (χ0) is 16.7. The number of nitrogens with one attached hydrogen (secondary N) is 1. The average molecular weight is 313 g/mol. The Balaban J connectivity index is 2.13. The lowest BCUT2D eigenvalue weighted by molar-refractivity contribution is 0.0473. The van der Waals surface area contributed by atoms with Gasteiger partial charge >= 0.3 is 0 Å². The van der Waals surface area contributed by atoms with E-state index in [1.807, 2.05) is 6.07 Å². The molecule has 0 aromatic heterocycles. The molecule has 0 saturated carbocycles. The Kier molecular flexibility index (Phi) is 6.02. The van der Waals surface area contributed by atoms with E-state index < -0.39 is 6.04 Å². The minimum atomic E-state index is -0.749. The molecule has 5 nitrogen and oxygen atoms in total. The van der Waals surface area contributed by atoms with Gasteiger partial charge in [-0.05, 0) is 24.3 Å². The predicted octanol–water partition coefficient (Wildman–Crippen LogP) is 2.67. The number of hydrogen-bond donors (Lipinski definition) is 1. The maximum absolute atomic E-state index is 12.6. The van der Waals surface area contributed by atoms with Gasteiger partial charge in [-0.1, -0.05) is 30.3 Å². The van der Waals surface area contributed by atoms with Crippen molar-refractivity contribution in [3.05, 3.63) is 65.7 Å². The quantitative estimate of drug-likeness (QED) is 0.599. The van der Waals surface area contributed by atoms with Crippen LogP contribution in [-0.4, -0.2) is 31.8 Å². The van der Waals surface area contributed by atoms with Crippen molar-refractivity contribution in [2.45, 2.75) is 12.5 Å². The normalized spacial score (nSPS) is 11.7. The molecule has 2 aromatic carbocycles. The van der Waals surface area contributed by atoms with E-state index in [9.17, 15) is 9.59 Å². The molecule has 0 aliphatic heterocycles. The minimum absolute atomic E-state index is 0.0166. The van der Waals surface area contributed by atoms with Crippen LogP contribution in [-0.2, 0) is 4.84 Å². The number of hydrogen-bond acceptors (Lipinski definition) is 5. The lowest BCUT2D eigenvalue weighted by Crippen LogP contribution is -2.38. The second kappa shape index (κ2) is 8.22. The fraction of sp³-hybridized carbons (Fsp3) is 0.222. The number of ether oxygens (including phenoxy) is 1. The van der Waals surface area contributed by atoms with Crippen LogP contribution < -0.4 is 10.2 Å². The van der Waals surface area contributed by atoms with Gasteiger partial charge in [0.05, 0.1) is 14.2 Å². The SMILES string of the molecule is CONC(CC(=O)c1ccccc1)C(=O)c1ccc(OC)cc1. The third kappa shape index (κ3) is 4.48. The van der Waals surface area contributed by atoms with Crippen molar-refractivity contribution in [1.82, 2.24) is 5.48 Å². The third-order valence-electron chi connectivity index (χ3n) is 3.44. The highest BCUT2D eigenvalue weighted by Gasteiger charge is 2.23. The lowest BCUT2D eigenvalue weighted by Gasteiger charge is -2.15. The van der Waals surface area contributed by atoms with Gasteiger partial charge in [-0.15, -0.1) is 0 Å². The van der Waals surface area contributed by atoms with Crippen LogP contribution in [0.1, 0.15) is 27.1 Å². The van der Waals surface area contributed by atoms with Gasteiger partial charge in [0.2, 0.25) is 0 Å². The first-order valence-corrected chi connectivity index (χ1v) is 7.20. The molecular formula is C18H19NO4. The highest BCUT2D eigenvalue weighted by Crippen LogP contribution is 2.15. The molecule has 0 fully saturated rings. The molecule has 0 saturated heterocycles. The molecule has 120 valence electrons. The highest BCUT2D eigenvalue weighted by molar-refractivity contribution is 6.05. The molecule has 0 radical (unpaired) electrons. The smallest absolute Gasteiger partial charge is 0.182 e. The van der Waals surface area contributed by atoms with E-state index in [1.54, 1.807) is 55.6 Å². The van der Waals surface area contributed by atoms with Crippen molar-refractivity contribution < 1.29 is 19.2 Å². The number of methoxy groups -OCH3 is 1. The van der Waals surface area contributed by atoms with Crippen LogP contribution in [0.4, 0.5) is 0 Å². The number of carbonyl (C=O) groups is 2. The van der Waals surface area contributed by atoms with Crippen molar-refractivity contribution in [2.75, 3.05) is 14.2 Å². The number of benzene rings is 2. The monoisotopic (exact) mass is 313 g/mol. The van der Waals surface area contributed by atoms with Crippen LogP contribution >= 0.6 is 0 Å². The molecule has 1 atom stereocenters. The molecule has 0 amide bonds. The van der Waals surface area contributed by atoms with E-state index in [0.717, 1.165) is 0 Å². The summed E-state index contributed by atoms with van der Waals surface area (Å²) in [6.45, 7) is 0. The molecule has 0 aliphatic rings. The fourth-order valence-electron chi connectivity index (χ4n) is 2.21. The first-order valence-electron chi connectivity index (χ1n) is 7.20.